The van der Waals surface area contributed by atoms with Crippen LogP contribution in [0.3, 0.4) is 0 Å². The summed E-state index contributed by atoms with van der Waals surface area (Å²) < 4.78 is 34.4. The molecular formula is C15H15F2N5O. The fraction of sp³-hybridized carbons (Fsp3) is 0.267. The number of ether oxygens (including phenoxy) is 1. The minimum atomic E-state index is -3.06. The van der Waals surface area contributed by atoms with Crippen molar-refractivity contribution in [1.82, 2.24) is 20.4 Å². The Morgan fingerprint density at radius 1 is 1.26 bits per heavy atom. The smallest absolute Gasteiger partial charge is 0.288 e. The van der Waals surface area contributed by atoms with Crippen molar-refractivity contribution in [3.63, 3.8) is 0 Å². The van der Waals surface area contributed by atoms with Gasteiger partial charge in [-0.15, -0.1) is 5.10 Å². The molecule has 1 aromatic carbocycles. The Labute approximate surface area is 130 Å². The number of nitrogens with zero attached hydrogens (tertiary/aromatic N) is 3. The number of benzene rings is 1. The molecule has 120 valence electrons. The average molecular weight is 319 g/mol. The van der Waals surface area contributed by atoms with Crippen LogP contribution in [0, 0.1) is 0 Å². The normalized spacial score (nSPS) is 13.2. The SMILES string of the molecule is CCC(F)(F)C(Oc1cc(N)nc2n[nH]nc12)c1ccccc1. The van der Waals surface area contributed by atoms with Crippen LogP contribution in [0.1, 0.15) is 25.0 Å². The van der Waals surface area contributed by atoms with Gasteiger partial charge in [-0.2, -0.15) is 10.3 Å². The fourth-order valence-electron chi connectivity index (χ4n) is 2.25. The molecule has 0 aliphatic heterocycles. The van der Waals surface area contributed by atoms with E-state index in [0.717, 1.165) is 0 Å². The Morgan fingerprint density at radius 3 is 2.70 bits per heavy atom. The molecule has 0 bridgehead atoms. The molecular weight excluding hydrogens is 304 g/mol. The van der Waals surface area contributed by atoms with Gasteiger partial charge in [0.25, 0.3) is 5.92 Å². The van der Waals surface area contributed by atoms with Gasteiger partial charge in [0.05, 0.1) is 0 Å². The Bertz CT molecular complexity index is 806. The van der Waals surface area contributed by atoms with Gasteiger partial charge in [-0.25, -0.2) is 13.8 Å². The number of halogens is 2. The van der Waals surface area contributed by atoms with Crippen LogP contribution >= 0.6 is 0 Å². The summed E-state index contributed by atoms with van der Waals surface area (Å²) in [6.45, 7) is 1.41. The van der Waals surface area contributed by atoms with E-state index in [1.54, 1.807) is 30.3 Å². The number of aromatic amines is 1. The molecule has 0 aliphatic rings. The number of fused-ring (bicyclic) bond motifs is 1. The standard InChI is InChI=1S/C15H15F2N5O/c1-2-15(16,17)13(9-6-4-3-5-7-9)23-10-8-11(18)19-14-12(10)20-22-21-14/h3-8,13H,2H2,1H3,(H3,18,19,20,21,22). The monoisotopic (exact) mass is 319 g/mol. The van der Waals surface area contributed by atoms with Gasteiger partial charge >= 0.3 is 0 Å². The van der Waals surface area contributed by atoms with Gasteiger partial charge in [0, 0.05) is 12.5 Å². The molecule has 3 N–H and O–H groups in total. The van der Waals surface area contributed by atoms with Crippen molar-refractivity contribution in [3.05, 3.63) is 42.0 Å². The molecule has 0 saturated heterocycles. The van der Waals surface area contributed by atoms with E-state index in [4.69, 9.17) is 10.5 Å². The zero-order valence-corrected chi connectivity index (χ0v) is 12.3. The number of hydrogen-bond donors (Lipinski definition) is 2. The Balaban J connectivity index is 2.06. The van der Waals surface area contributed by atoms with Crippen LogP contribution < -0.4 is 10.5 Å². The predicted octanol–water partition coefficient (Wildman–Crippen LogP) is 3.10. The van der Waals surface area contributed by atoms with Gasteiger partial charge < -0.3 is 10.5 Å². The number of nitrogens with one attached hydrogen (secondary N) is 1. The minimum Gasteiger partial charge on any atom is -0.477 e. The highest BCUT2D eigenvalue weighted by Gasteiger charge is 2.41. The summed E-state index contributed by atoms with van der Waals surface area (Å²) in [5.41, 5.74) is 6.52. The maximum Gasteiger partial charge on any atom is 0.288 e. The van der Waals surface area contributed by atoms with Gasteiger partial charge in [-0.3, -0.25) is 0 Å². The van der Waals surface area contributed by atoms with Gasteiger partial charge in [0.15, 0.2) is 17.4 Å². The highest BCUT2D eigenvalue weighted by atomic mass is 19.3. The van der Waals surface area contributed by atoms with Crippen molar-refractivity contribution in [2.75, 3.05) is 5.73 Å². The lowest BCUT2D eigenvalue weighted by Crippen LogP contribution is -2.30. The van der Waals surface area contributed by atoms with Crippen molar-refractivity contribution in [2.24, 2.45) is 0 Å². The lowest BCUT2D eigenvalue weighted by atomic mass is 10.0. The molecule has 2 heterocycles. The Hall–Kier alpha value is -2.77. The third kappa shape index (κ3) is 2.92. The molecule has 0 fully saturated rings. The van der Waals surface area contributed by atoms with E-state index >= 15 is 0 Å². The number of nitrogens with two attached hydrogens (primary N) is 1. The maximum atomic E-state index is 14.4. The van der Waals surface area contributed by atoms with E-state index in [9.17, 15) is 8.78 Å². The van der Waals surface area contributed by atoms with E-state index in [-0.39, 0.29) is 29.2 Å². The zero-order chi connectivity index (χ0) is 16.4. The summed E-state index contributed by atoms with van der Waals surface area (Å²) in [6.07, 6.45) is -1.83. The summed E-state index contributed by atoms with van der Waals surface area (Å²) in [7, 11) is 0. The van der Waals surface area contributed by atoms with Gasteiger partial charge in [-0.05, 0) is 5.56 Å². The van der Waals surface area contributed by atoms with Crippen molar-refractivity contribution >= 4 is 17.0 Å². The molecule has 0 spiro atoms. The molecule has 0 aliphatic carbocycles. The van der Waals surface area contributed by atoms with Gasteiger partial charge in [-0.1, -0.05) is 37.3 Å². The maximum absolute atomic E-state index is 14.4. The lowest BCUT2D eigenvalue weighted by molar-refractivity contribution is -0.0999. The zero-order valence-electron chi connectivity index (χ0n) is 12.3. The summed E-state index contributed by atoms with van der Waals surface area (Å²) in [5.74, 6) is -2.83. The molecule has 1 unspecified atom stereocenters. The first-order valence-corrected chi connectivity index (χ1v) is 7.07. The van der Waals surface area contributed by atoms with Crippen LogP contribution in [0.25, 0.3) is 11.2 Å². The molecule has 23 heavy (non-hydrogen) atoms. The first kappa shape index (κ1) is 15.1. The lowest BCUT2D eigenvalue weighted by Gasteiger charge is -2.27. The third-order valence-electron chi connectivity index (χ3n) is 3.48. The molecule has 8 heteroatoms. The summed E-state index contributed by atoms with van der Waals surface area (Å²) in [4.78, 5) is 3.96. The predicted molar refractivity (Wildman–Crippen MR) is 81.1 cm³/mol. The molecule has 3 rings (SSSR count). The van der Waals surface area contributed by atoms with Crippen LogP contribution in [0.5, 0.6) is 5.75 Å². The quantitative estimate of drug-likeness (QED) is 0.754. The van der Waals surface area contributed by atoms with Crippen LogP contribution in [0.15, 0.2) is 36.4 Å². The molecule has 1 atom stereocenters. The highest BCUT2D eigenvalue weighted by molar-refractivity contribution is 5.78. The summed E-state index contributed by atoms with van der Waals surface area (Å²) in [5, 5.41) is 10.1. The number of aromatic nitrogens is 4. The molecule has 0 radical (unpaired) electrons. The van der Waals surface area contributed by atoms with E-state index in [1.807, 2.05) is 0 Å². The van der Waals surface area contributed by atoms with E-state index in [0.29, 0.717) is 5.56 Å². The minimum absolute atomic E-state index is 0.114. The van der Waals surface area contributed by atoms with Gasteiger partial charge in [0.2, 0.25) is 5.65 Å². The number of rotatable bonds is 5. The van der Waals surface area contributed by atoms with Crippen LogP contribution in [0.2, 0.25) is 0 Å². The average Bonchev–Trinajstić information content (AvgIpc) is 3.01. The van der Waals surface area contributed by atoms with Gasteiger partial charge in [0.1, 0.15) is 5.82 Å². The summed E-state index contributed by atoms with van der Waals surface area (Å²) in [6, 6.07) is 9.68. The first-order chi connectivity index (χ1) is 11.0. The fourth-order valence-corrected chi connectivity index (χ4v) is 2.25. The van der Waals surface area contributed by atoms with E-state index in [2.05, 4.69) is 20.4 Å². The van der Waals surface area contributed by atoms with Crippen molar-refractivity contribution in [3.8, 4) is 5.75 Å². The van der Waals surface area contributed by atoms with Crippen molar-refractivity contribution in [2.45, 2.75) is 25.4 Å². The molecule has 0 saturated carbocycles. The summed E-state index contributed by atoms with van der Waals surface area (Å²) >= 11 is 0. The first-order valence-electron chi connectivity index (χ1n) is 7.07. The van der Waals surface area contributed by atoms with Crippen LogP contribution in [0.4, 0.5) is 14.6 Å². The molecule has 0 amide bonds. The largest absolute Gasteiger partial charge is 0.477 e. The van der Waals surface area contributed by atoms with E-state index < -0.39 is 12.0 Å². The van der Waals surface area contributed by atoms with Crippen molar-refractivity contribution < 1.29 is 13.5 Å². The number of hydrogen-bond acceptors (Lipinski definition) is 5. The van der Waals surface area contributed by atoms with Crippen molar-refractivity contribution in [1.29, 1.82) is 0 Å². The number of pyridine rings is 1. The second kappa shape index (κ2) is 5.79. The number of nitrogen functional groups attached to an aromatic ring is 1. The van der Waals surface area contributed by atoms with Crippen LogP contribution in [-0.4, -0.2) is 26.3 Å². The van der Waals surface area contributed by atoms with Crippen LogP contribution in [-0.2, 0) is 0 Å². The molecule has 6 nitrogen and oxygen atoms in total. The highest BCUT2D eigenvalue weighted by Crippen LogP contribution is 2.39. The second-order valence-corrected chi connectivity index (χ2v) is 5.06. The number of anilines is 1. The number of alkyl halides is 2. The Morgan fingerprint density at radius 2 is 2.00 bits per heavy atom. The Kier molecular flexibility index (Phi) is 3.81. The number of H-pyrrole nitrogens is 1. The van der Waals surface area contributed by atoms with E-state index in [1.165, 1.54) is 13.0 Å². The third-order valence-corrected chi connectivity index (χ3v) is 3.48. The molecule has 2 aromatic heterocycles. The molecule has 3 aromatic rings. The topological polar surface area (TPSA) is 89.7 Å². The second-order valence-electron chi connectivity index (χ2n) is 5.06.